The van der Waals surface area contributed by atoms with Gasteiger partial charge in [-0.3, -0.25) is 4.68 Å². The van der Waals surface area contributed by atoms with E-state index in [0.29, 0.717) is 19.6 Å². The van der Waals surface area contributed by atoms with Crippen molar-refractivity contribution in [3.63, 3.8) is 0 Å². The molecule has 3 rings (SSSR count). The van der Waals surface area contributed by atoms with Crippen LogP contribution in [-0.4, -0.2) is 45.0 Å². The van der Waals surface area contributed by atoms with Crippen LogP contribution in [-0.2, 0) is 6.54 Å². The van der Waals surface area contributed by atoms with Gasteiger partial charge in [-0.2, -0.15) is 5.10 Å². The van der Waals surface area contributed by atoms with Crippen molar-refractivity contribution in [3.8, 4) is 0 Å². The summed E-state index contributed by atoms with van der Waals surface area (Å²) in [6.45, 7) is 1.81. The van der Waals surface area contributed by atoms with Gasteiger partial charge in [-0.05, 0) is 36.6 Å². The van der Waals surface area contributed by atoms with E-state index in [-0.39, 0.29) is 6.03 Å². The molecule has 0 saturated carbocycles. The zero-order chi connectivity index (χ0) is 15.4. The second-order valence-corrected chi connectivity index (χ2v) is 5.57. The molecule has 0 spiro atoms. The standard InChI is InChI=1S/C16H20N4O2/c21-15-3-1-9-19(12-15)16(22)18-14-6-4-13(5-7-14)11-20-10-2-8-17-20/h2,4-8,10,15,21H,1,3,9,11-12H2,(H,18,22). The molecule has 2 aromatic rings. The fourth-order valence-corrected chi connectivity index (χ4v) is 2.62. The Labute approximate surface area is 129 Å². The second kappa shape index (κ2) is 6.62. The highest BCUT2D eigenvalue weighted by atomic mass is 16.3. The molecule has 116 valence electrons. The molecule has 2 N–H and O–H groups in total. The highest BCUT2D eigenvalue weighted by Crippen LogP contribution is 2.14. The summed E-state index contributed by atoms with van der Waals surface area (Å²) in [5, 5.41) is 16.7. The number of aliphatic hydroxyl groups is 1. The molecule has 1 unspecified atom stereocenters. The van der Waals surface area contributed by atoms with Crippen LogP contribution in [0.4, 0.5) is 10.5 Å². The van der Waals surface area contributed by atoms with Gasteiger partial charge in [-0.25, -0.2) is 4.79 Å². The first-order valence-corrected chi connectivity index (χ1v) is 7.51. The number of hydrogen-bond donors (Lipinski definition) is 2. The van der Waals surface area contributed by atoms with E-state index in [2.05, 4.69) is 10.4 Å². The summed E-state index contributed by atoms with van der Waals surface area (Å²) >= 11 is 0. The van der Waals surface area contributed by atoms with Crippen molar-refractivity contribution in [1.82, 2.24) is 14.7 Å². The SMILES string of the molecule is O=C(Nc1ccc(Cn2cccn2)cc1)N1CCCC(O)C1. The zero-order valence-corrected chi connectivity index (χ0v) is 12.4. The Balaban J connectivity index is 1.57. The number of β-amino-alcohol motifs (C(OH)–C–C–N with tert-alkyl or cyclic N) is 1. The second-order valence-electron chi connectivity index (χ2n) is 5.57. The van der Waals surface area contributed by atoms with E-state index in [1.54, 1.807) is 11.1 Å². The van der Waals surface area contributed by atoms with E-state index < -0.39 is 6.10 Å². The first-order chi connectivity index (χ1) is 10.7. The van der Waals surface area contributed by atoms with Crippen molar-refractivity contribution in [2.24, 2.45) is 0 Å². The summed E-state index contributed by atoms with van der Waals surface area (Å²) < 4.78 is 1.85. The summed E-state index contributed by atoms with van der Waals surface area (Å²) in [7, 11) is 0. The molecule has 0 bridgehead atoms. The number of amides is 2. The van der Waals surface area contributed by atoms with Gasteiger partial charge in [-0.15, -0.1) is 0 Å². The van der Waals surface area contributed by atoms with Crippen LogP contribution >= 0.6 is 0 Å². The lowest BCUT2D eigenvalue weighted by Crippen LogP contribution is -2.44. The van der Waals surface area contributed by atoms with Gasteiger partial charge >= 0.3 is 6.03 Å². The highest BCUT2D eigenvalue weighted by molar-refractivity contribution is 5.89. The lowest BCUT2D eigenvalue weighted by atomic mass is 10.1. The average molecular weight is 300 g/mol. The predicted molar refractivity (Wildman–Crippen MR) is 83.6 cm³/mol. The Bertz CT molecular complexity index is 610. The van der Waals surface area contributed by atoms with E-state index in [4.69, 9.17) is 0 Å². The number of hydrogen-bond acceptors (Lipinski definition) is 3. The van der Waals surface area contributed by atoms with E-state index in [9.17, 15) is 9.90 Å². The van der Waals surface area contributed by atoms with Crippen LogP contribution in [0.15, 0.2) is 42.7 Å². The van der Waals surface area contributed by atoms with Crippen LogP contribution < -0.4 is 5.32 Å². The molecule has 0 radical (unpaired) electrons. The number of carbonyl (C=O) groups excluding carboxylic acids is 1. The molecule has 1 fully saturated rings. The van der Waals surface area contributed by atoms with Gasteiger partial charge in [0.25, 0.3) is 0 Å². The summed E-state index contributed by atoms with van der Waals surface area (Å²) in [6, 6.07) is 9.46. The van der Waals surface area contributed by atoms with Crippen molar-refractivity contribution in [2.75, 3.05) is 18.4 Å². The lowest BCUT2D eigenvalue weighted by Gasteiger charge is -2.30. The molecule has 6 nitrogen and oxygen atoms in total. The third-order valence-corrected chi connectivity index (χ3v) is 3.79. The molecular weight excluding hydrogens is 280 g/mol. The molecule has 6 heteroatoms. The third kappa shape index (κ3) is 3.65. The summed E-state index contributed by atoms with van der Waals surface area (Å²) in [5.74, 6) is 0. The number of aromatic nitrogens is 2. The maximum atomic E-state index is 12.1. The highest BCUT2D eigenvalue weighted by Gasteiger charge is 2.21. The molecule has 1 aromatic carbocycles. The third-order valence-electron chi connectivity index (χ3n) is 3.79. The van der Waals surface area contributed by atoms with Crippen molar-refractivity contribution >= 4 is 11.7 Å². The van der Waals surface area contributed by atoms with Crippen LogP contribution in [0, 0.1) is 0 Å². The maximum Gasteiger partial charge on any atom is 0.321 e. The number of rotatable bonds is 3. The van der Waals surface area contributed by atoms with Gasteiger partial charge in [0.2, 0.25) is 0 Å². The predicted octanol–water partition coefficient (Wildman–Crippen LogP) is 1.92. The molecule has 22 heavy (non-hydrogen) atoms. The Morgan fingerprint density at radius 1 is 1.36 bits per heavy atom. The first-order valence-electron chi connectivity index (χ1n) is 7.51. The van der Waals surface area contributed by atoms with Gasteiger partial charge in [0.1, 0.15) is 0 Å². The number of nitrogens with one attached hydrogen (secondary N) is 1. The maximum absolute atomic E-state index is 12.1. The van der Waals surface area contributed by atoms with Crippen LogP contribution in [0.5, 0.6) is 0 Å². The minimum Gasteiger partial charge on any atom is -0.391 e. The molecule has 2 heterocycles. The number of nitrogens with zero attached hydrogens (tertiary/aromatic N) is 3. The minimum atomic E-state index is -0.407. The number of benzene rings is 1. The number of piperidine rings is 1. The van der Waals surface area contributed by atoms with Crippen LogP contribution in [0.1, 0.15) is 18.4 Å². The molecule has 1 aliphatic rings. The smallest absolute Gasteiger partial charge is 0.321 e. The van der Waals surface area contributed by atoms with Crippen molar-refractivity contribution in [3.05, 3.63) is 48.3 Å². The van der Waals surface area contributed by atoms with Gasteiger partial charge in [-0.1, -0.05) is 12.1 Å². The molecule has 1 aromatic heterocycles. The Morgan fingerprint density at radius 3 is 2.86 bits per heavy atom. The Kier molecular flexibility index (Phi) is 4.39. The topological polar surface area (TPSA) is 70.4 Å². The van der Waals surface area contributed by atoms with Gasteiger partial charge in [0.15, 0.2) is 0 Å². The lowest BCUT2D eigenvalue weighted by molar-refractivity contribution is 0.0883. The van der Waals surface area contributed by atoms with Gasteiger partial charge in [0, 0.05) is 31.2 Å². The van der Waals surface area contributed by atoms with Crippen molar-refractivity contribution < 1.29 is 9.90 Å². The molecule has 2 amide bonds. The van der Waals surface area contributed by atoms with E-state index in [1.807, 2.05) is 41.2 Å². The zero-order valence-electron chi connectivity index (χ0n) is 12.4. The van der Waals surface area contributed by atoms with Crippen LogP contribution in [0.3, 0.4) is 0 Å². The molecule has 0 aliphatic carbocycles. The summed E-state index contributed by atoms with van der Waals surface area (Å²) in [5.41, 5.74) is 1.88. The molecule has 1 aliphatic heterocycles. The van der Waals surface area contributed by atoms with Crippen molar-refractivity contribution in [2.45, 2.75) is 25.5 Å². The largest absolute Gasteiger partial charge is 0.391 e. The van der Waals surface area contributed by atoms with Gasteiger partial charge in [0.05, 0.1) is 12.6 Å². The van der Waals surface area contributed by atoms with E-state index in [0.717, 1.165) is 24.1 Å². The molecular formula is C16H20N4O2. The van der Waals surface area contributed by atoms with Crippen molar-refractivity contribution in [1.29, 1.82) is 0 Å². The fourth-order valence-electron chi connectivity index (χ4n) is 2.62. The Morgan fingerprint density at radius 2 is 2.18 bits per heavy atom. The summed E-state index contributed by atoms with van der Waals surface area (Å²) in [4.78, 5) is 13.8. The van der Waals surface area contributed by atoms with Gasteiger partial charge < -0.3 is 15.3 Å². The number of likely N-dealkylation sites (tertiary alicyclic amines) is 1. The minimum absolute atomic E-state index is 0.154. The summed E-state index contributed by atoms with van der Waals surface area (Å²) in [6.07, 6.45) is 4.87. The molecule has 1 saturated heterocycles. The monoisotopic (exact) mass is 300 g/mol. The van der Waals surface area contributed by atoms with E-state index in [1.165, 1.54) is 0 Å². The number of carbonyl (C=O) groups is 1. The molecule has 1 atom stereocenters. The number of aliphatic hydroxyl groups excluding tert-OH is 1. The fraction of sp³-hybridized carbons (Fsp3) is 0.375. The van der Waals surface area contributed by atoms with E-state index >= 15 is 0 Å². The number of anilines is 1. The number of urea groups is 1. The first kappa shape index (κ1) is 14.6. The Hall–Kier alpha value is -2.34. The quantitative estimate of drug-likeness (QED) is 0.910. The average Bonchev–Trinajstić information content (AvgIpc) is 3.02. The van der Waals surface area contributed by atoms with Crippen LogP contribution in [0.25, 0.3) is 0 Å². The normalized spacial score (nSPS) is 18.2. The van der Waals surface area contributed by atoms with Crippen LogP contribution in [0.2, 0.25) is 0 Å².